The van der Waals surface area contributed by atoms with Crippen LogP contribution >= 0.6 is 0 Å². The number of carbonyl (C=O) groups is 1. The van der Waals surface area contributed by atoms with Crippen molar-refractivity contribution in [3.8, 4) is 5.75 Å². The Morgan fingerprint density at radius 1 is 1.21 bits per heavy atom. The van der Waals surface area contributed by atoms with Crippen molar-refractivity contribution in [1.29, 1.82) is 0 Å². The average molecular weight is 413 g/mol. The maximum atomic E-state index is 13.5. The fraction of sp³-hybridized carbons (Fsp3) is 0.318. The molecule has 2 heterocycles. The van der Waals surface area contributed by atoms with Crippen LogP contribution in [0.4, 0.5) is 0 Å². The SMILES string of the molecule is COc1ccc2oc(C(=O)N(Cc3ccccc3)[C@@H]3CCS(=O)(=O)C3)c(C)c2c1. The minimum Gasteiger partial charge on any atom is -0.497 e. The second kappa shape index (κ2) is 7.55. The van der Waals surface area contributed by atoms with E-state index in [0.717, 1.165) is 16.5 Å². The first kappa shape index (κ1) is 19.5. The molecule has 4 rings (SSSR count). The fourth-order valence-electron chi connectivity index (χ4n) is 3.83. The number of sulfone groups is 1. The van der Waals surface area contributed by atoms with Crippen molar-refractivity contribution >= 4 is 26.7 Å². The minimum absolute atomic E-state index is 0.0152. The van der Waals surface area contributed by atoms with E-state index in [1.165, 1.54) is 0 Å². The van der Waals surface area contributed by atoms with Crippen LogP contribution in [0.15, 0.2) is 52.9 Å². The van der Waals surface area contributed by atoms with Gasteiger partial charge < -0.3 is 14.1 Å². The molecule has 0 spiro atoms. The van der Waals surface area contributed by atoms with Crippen LogP contribution < -0.4 is 4.74 Å². The Morgan fingerprint density at radius 3 is 2.62 bits per heavy atom. The van der Waals surface area contributed by atoms with Gasteiger partial charge in [-0.25, -0.2) is 8.42 Å². The van der Waals surface area contributed by atoms with Crippen molar-refractivity contribution in [3.05, 3.63) is 65.4 Å². The van der Waals surface area contributed by atoms with E-state index < -0.39 is 9.84 Å². The molecule has 0 saturated carbocycles. The fourth-order valence-corrected chi connectivity index (χ4v) is 5.56. The summed E-state index contributed by atoms with van der Waals surface area (Å²) in [6, 6.07) is 14.6. The van der Waals surface area contributed by atoms with Gasteiger partial charge in [0.25, 0.3) is 5.91 Å². The highest BCUT2D eigenvalue weighted by molar-refractivity contribution is 7.91. The molecular formula is C22H23NO5S. The van der Waals surface area contributed by atoms with Gasteiger partial charge in [-0.3, -0.25) is 4.79 Å². The van der Waals surface area contributed by atoms with Gasteiger partial charge >= 0.3 is 0 Å². The third-order valence-electron chi connectivity index (χ3n) is 5.44. The lowest BCUT2D eigenvalue weighted by Crippen LogP contribution is -2.40. The van der Waals surface area contributed by atoms with E-state index in [0.29, 0.717) is 24.3 Å². The van der Waals surface area contributed by atoms with Gasteiger partial charge in [-0.2, -0.15) is 0 Å². The highest BCUT2D eigenvalue weighted by atomic mass is 32.2. The molecular weight excluding hydrogens is 390 g/mol. The number of carbonyl (C=O) groups excluding carboxylic acids is 1. The first-order valence-corrected chi connectivity index (χ1v) is 11.3. The number of amides is 1. The third-order valence-corrected chi connectivity index (χ3v) is 7.19. The molecule has 0 unspecified atom stereocenters. The Bertz CT molecular complexity index is 1150. The summed E-state index contributed by atoms with van der Waals surface area (Å²) in [7, 11) is -1.55. The van der Waals surface area contributed by atoms with Crippen LogP contribution in [-0.4, -0.2) is 43.9 Å². The highest BCUT2D eigenvalue weighted by Crippen LogP contribution is 2.31. The molecule has 1 aliphatic rings. The summed E-state index contributed by atoms with van der Waals surface area (Å²) in [4.78, 5) is 15.1. The highest BCUT2D eigenvalue weighted by Gasteiger charge is 2.36. The quantitative estimate of drug-likeness (QED) is 0.639. The Balaban J connectivity index is 1.73. The summed E-state index contributed by atoms with van der Waals surface area (Å²) in [6.07, 6.45) is 0.438. The summed E-state index contributed by atoms with van der Waals surface area (Å²) in [6.45, 7) is 2.17. The number of rotatable bonds is 5. The summed E-state index contributed by atoms with van der Waals surface area (Å²) in [5.74, 6) is 0.728. The van der Waals surface area contributed by atoms with E-state index in [-0.39, 0.29) is 29.2 Å². The molecule has 6 nitrogen and oxygen atoms in total. The first-order valence-electron chi connectivity index (χ1n) is 9.50. The van der Waals surface area contributed by atoms with Crippen LogP contribution in [0.3, 0.4) is 0 Å². The lowest BCUT2D eigenvalue weighted by Gasteiger charge is -2.28. The molecule has 2 aromatic carbocycles. The average Bonchev–Trinajstić information content (AvgIpc) is 3.25. The first-order chi connectivity index (χ1) is 13.9. The number of aryl methyl sites for hydroxylation is 1. The molecule has 7 heteroatoms. The van der Waals surface area contributed by atoms with Crippen molar-refractivity contribution in [2.45, 2.75) is 25.9 Å². The number of methoxy groups -OCH3 is 1. The zero-order chi connectivity index (χ0) is 20.6. The number of furan rings is 1. The van der Waals surface area contributed by atoms with Gasteiger partial charge in [0.1, 0.15) is 11.3 Å². The summed E-state index contributed by atoms with van der Waals surface area (Å²) in [5.41, 5.74) is 2.27. The van der Waals surface area contributed by atoms with Crippen LogP contribution in [0, 0.1) is 6.92 Å². The Labute approximate surface area is 170 Å². The number of benzene rings is 2. The van der Waals surface area contributed by atoms with Crippen molar-refractivity contribution < 1.29 is 22.4 Å². The number of ether oxygens (including phenoxy) is 1. The summed E-state index contributed by atoms with van der Waals surface area (Å²) in [5, 5.41) is 0.811. The molecule has 0 bridgehead atoms. The lowest BCUT2D eigenvalue weighted by molar-refractivity contribution is 0.0649. The normalized spacial score (nSPS) is 18.1. The smallest absolute Gasteiger partial charge is 0.290 e. The molecule has 1 fully saturated rings. The third kappa shape index (κ3) is 3.87. The lowest BCUT2D eigenvalue weighted by atomic mass is 10.1. The van der Waals surface area contributed by atoms with Crippen LogP contribution in [0.1, 0.15) is 28.1 Å². The molecule has 1 aromatic heterocycles. The second-order valence-corrected chi connectivity index (χ2v) is 9.62. The monoisotopic (exact) mass is 413 g/mol. The van der Waals surface area contributed by atoms with Gasteiger partial charge in [0.05, 0.1) is 18.6 Å². The maximum Gasteiger partial charge on any atom is 0.290 e. The largest absolute Gasteiger partial charge is 0.497 e. The topological polar surface area (TPSA) is 76.8 Å². The second-order valence-electron chi connectivity index (χ2n) is 7.39. The standard InChI is InChI=1S/C22H23NO5S/c1-15-19-12-18(27-2)8-9-20(19)28-21(15)22(24)23(13-16-6-4-3-5-7-16)17-10-11-29(25,26)14-17/h3-9,12,17H,10-11,13-14H2,1-2H3/t17-/m1/s1. The maximum absolute atomic E-state index is 13.5. The van der Waals surface area contributed by atoms with Crippen LogP contribution in [0.2, 0.25) is 0 Å². The van der Waals surface area contributed by atoms with Crippen molar-refractivity contribution in [1.82, 2.24) is 4.90 Å². The zero-order valence-corrected chi connectivity index (χ0v) is 17.2. The van der Waals surface area contributed by atoms with E-state index in [1.54, 1.807) is 24.1 Å². The predicted octanol–water partition coefficient (Wildman–Crippen LogP) is 3.58. The van der Waals surface area contributed by atoms with E-state index in [2.05, 4.69) is 0 Å². The molecule has 0 radical (unpaired) electrons. The molecule has 1 atom stereocenters. The van der Waals surface area contributed by atoms with E-state index >= 15 is 0 Å². The molecule has 1 amide bonds. The van der Waals surface area contributed by atoms with Gasteiger partial charge in [-0.1, -0.05) is 30.3 Å². The van der Waals surface area contributed by atoms with Crippen LogP contribution in [0.5, 0.6) is 5.75 Å². The Hall–Kier alpha value is -2.80. The molecule has 0 N–H and O–H groups in total. The molecule has 1 aliphatic heterocycles. The number of nitrogens with zero attached hydrogens (tertiary/aromatic N) is 1. The van der Waals surface area contributed by atoms with Gasteiger partial charge in [0.2, 0.25) is 0 Å². The molecule has 0 aliphatic carbocycles. The van der Waals surface area contributed by atoms with Crippen molar-refractivity contribution in [2.75, 3.05) is 18.6 Å². The molecule has 3 aromatic rings. The number of hydrogen-bond donors (Lipinski definition) is 0. The number of hydrogen-bond acceptors (Lipinski definition) is 5. The van der Waals surface area contributed by atoms with E-state index in [9.17, 15) is 13.2 Å². The van der Waals surface area contributed by atoms with Crippen LogP contribution in [0.25, 0.3) is 11.0 Å². The van der Waals surface area contributed by atoms with E-state index in [4.69, 9.17) is 9.15 Å². The Morgan fingerprint density at radius 2 is 1.97 bits per heavy atom. The van der Waals surface area contributed by atoms with E-state index in [1.807, 2.05) is 43.3 Å². The predicted molar refractivity (Wildman–Crippen MR) is 111 cm³/mol. The number of fused-ring (bicyclic) bond motifs is 1. The van der Waals surface area contributed by atoms with Gasteiger partial charge in [-0.05, 0) is 37.1 Å². The van der Waals surface area contributed by atoms with Crippen molar-refractivity contribution in [3.63, 3.8) is 0 Å². The van der Waals surface area contributed by atoms with Gasteiger partial charge in [0.15, 0.2) is 15.6 Å². The van der Waals surface area contributed by atoms with Crippen LogP contribution in [-0.2, 0) is 16.4 Å². The molecule has 29 heavy (non-hydrogen) atoms. The zero-order valence-electron chi connectivity index (χ0n) is 16.4. The minimum atomic E-state index is -3.13. The molecule has 152 valence electrons. The van der Waals surface area contributed by atoms with Crippen molar-refractivity contribution in [2.24, 2.45) is 0 Å². The Kier molecular flexibility index (Phi) is 5.08. The molecule has 1 saturated heterocycles. The summed E-state index contributed by atoms with van der Waals surface area (Å²) < 4.78 is 35.3. The van der Waals surface area contributed by atoms with Gasteiger partial charge in [-0.15, -0.1) is 0 Å². The summed E-state index contributed by atoms with van der Waals surface area (Å²) >= 11 is 0. The van der Waals surface area contributed by atoms with Gasteiger partial charge in [0, 0.05) is 23.5 Å².